The van der Waals surface area contributed by atoms with Gasteiger partial charge in [-0.2, -0.15) is 0 Å². The maximum Gasteiger partial charge on any atom is 0.138 e. The van der Waals surface area contributed by atoms with Crippen molar-refractivity contribution < 1.29 is 10.2 Å². The Labute approximate surface area is 124 Å². The number of hydrogen-bond donors (Lipinski definition) is 4. The fourth-order valence-corrected chi connectivity index (χ4v) is 3.43. The van der Waals surface area contributed by atoms with Crippen molar-refractivity contribution in [3.05, 3.63) is 47.5 Å². The molecule has 0 aliphatic heterocycles. The number of benzene rings is 2. The minimum atomic E-state index is -0.135. The molecule has 6 N–H and O–H groups in total. The lowest BCUT2D eigenvalue weighted by Gasteiger charge is -2.31. The van der Waals surface area contributed by atoms with E-state index in [0.717, 1.165) is 36.8 Å². The molecule has 3 rings (SSSR count). The minimum Gasteiger partial charge on any atom is -0.506 e. The molecule has 4 heteroatoms. The zero-order valence-electron chi connectivity index (χ0n) is 11.8. The Balaban J connectivity index is 2.15. The minimum absolute atomic E-state index is 0.108. The first-order chi connectivity index (χ1) is 10.0. The molecule has 1 saturated carbocycles. The molecule has 0 spiro atoms. The predicted octanol–water partition coefficient (Wildman–Crippen LogP) is 3.12. The highest BCUT2D eigenvalue weighted by atomic mass is 16.3. The molecule has 110 valence electrons. The van der Waals surface area contributed by atoms with Gasteiger partial charge in [-0.25, -0.2) is 0 Å². The summed E-state index contributed by atoms with van der Waals surface area (Å²) in [4.78, 5) is 0. The maximum atomic E-state index is 9.64. The van der Waals surface area contributed by atoms with Gasteiger partial charge in [0.15, 0.2) is 0 Å². The first-order valence-electron chi connectivity index (χ1n) is 7.21. The van der Waals surface area contributed by atoms with Crippen LogP contribution in [0.2, 0.25) is 0 Å². The summed E-state index contributed by atoms with van der Waals surface area (Å²) in [5, 5.41) is 19.3. The van der Waals surface area contributed by atoms with Crippen LogP contribution in [0.3, 0.4) is 0 Å². The Bertz CT molecular complexity index is 623. The lowest BCUT2D eigenvalue weighted by atomic mass is 9.73. The van der Waals surface area contributed by atoms with Crippen molar-refractivity contribution in [2.24, 2.45) is 0 Å². The van der Waals surface area contributed by atoms with Gasteiger partial charge in [0.05, 0.1) is 11.4 Å². The third kappa shape index (κ3) is 2.17. The highest BCUT2D eigenvalue weighted by molar-refractivity contribution is 5.60. The van der Waals surface area contributed by atoms with Crippen LogP contribution in [-0.2, 0) is 5.41 Å². The molecule has 1 aliphatic rings. The molecule has 0 radical (unpaired) electrons. The van der Waals surface area contributed by atoms with E-state index in [1.165, 1.54) is 0 Å². The maximum absolute atomic E-state index is 9.64. The summed E-state index contributed by atoms with van der Waals surface area (Å²) in [5.74, 6) is 0.217. The van der Waals surface area contributed by atoms with Crippen LogP contribution in [-0.4, -0.2) is 10.2 Å². The van der Waals surface area contributed by atoms with Crippen LogP contribution in [0, 0.1) is 0 Å². The van der Waals surface area contributed by atoms with Gasteiger partial charge in [-0.15, -0.1) is 0 Å². The molecule has 0 saturated heterocycles. The lowest BCUT2D eigenvalue weighted by Crippen LogP contribution is -2.24. The second-order valence-corrected chi connectivity index (χ2v) is 5.84. The van der Waals surface area contributed by atoms with Crippen LogP contribution in [0.25, 0.3) is 0 Å². The zero-order valence-corrected chi connectivity index (χ0v) is 11.8. The van der Waals surface area contributed by atoms with Gasteiger partial charge >= 0.3 is 0 Å². The molecule has 0 unspecified atom stereocenters. The highest BCUT2D eigenvalue weighted by Crippen LogP contribution is 2.48. The summed E-state index contributed by atoms with van der Waals surface area (Å²) in [6, 6.07) is 10.9. The van der Waals surface area contributed by atoms with E-state index in [4.69, 9.17) is 11.5 Å². The number of nitrogen functional groups attached to an aromatic ring is 2. The molecule has 0 bridgehead atoms. The quantitative estimate of drug-likeness (QED) is 0.503. The fourth-order valence-electron chi connectivity index (χ4n) is 3.43. The molecule has 0 amide bonds. The van der Waals surface area contributed by atoms with Gasteiger partial charge in [-0.05, 0) is 48.2 Å². The number of phenols is 2. The standard InChI is InChI=1S/C17H20N2O2/c18-13-9-11(3-5-15(13)20)17(7-1-2-8-17)12-4-6-16(21)14(19)10-12/h3-6,9-10,20-21H,1-2,7-8,18-19H2. The van der Waals surface area contributed by atoms with Crippen molar-refractivity contribution in [2.45, 2.75) is 31.1 Å². The summed E-state index contributed by atoms with van der Waals surface area (Å²) in [6.07, 6.45) is 4.31. The van der Waals surface area contributed by atoms with Gasteiger partial charge in [-0.3, -0.25) is 0 Å². The SMILES string of the molecule is Nc1cc(C2(c3ccc(O)c(N)c3)CCCC2)ccc1O. The van der Waals surface area contributed by atoms with Crippen LogP contribution in [0.5, 0.6) is 11.5 Å². The number of hydrogen-bond acceptors (Lipinski definition) is 4. The van der Waals surface area contributed by atoms with E-state index in [9.17, 15) is 10.2 Å². The number of phenolic OH excluding ortho intramolecular Hbond substituents is 2. The molecule has 4 nitrogen and oxygen atoms in total. The monoisotopic (exact) mass is 284 g/mol. The van der Waals surface area contributed by atoms with Gasteiger partial charge in [0.2, 0.25) is 0 Å². The molecule has 1 aliphatic carbocycles. The summed E-state index contributed by atoms with van der Waals surface area (Å²) in [5.41, 5.74) is 14.6. The number of anilines is 2. The summed E-state index contributed by atoms with van der Waals surface area (Å²) >= 11 is 0. The average molecular weight is 284 g/mol. The molecular weight excluding hydrogens is 264 g/mol. The summed E-state index contributed by atoms with van der Waals surface area (Å²) in [6.45, 7) is 0. The molecule has 0 heterocycles. The van der Waals surface area contributed by atoms with Crippen LogP contribution < -0.4 is 11.5 Å². The van der Waals surface area contributed by atoms with Crippen molar-refractivity contribution >= 4 is 11.4 Å². The van der Waals surface area contributed by atoms with E-state index in [1.54, 1.807) is 12.1 Å². The molecule has 2 aromatic rings. The Hall–Kier alpha value is -2.36. The van der Waals surface area contributed by atoms with Gasteiger partial charge in [-0.1, -0.05) is 25.0 Å². The third-order valence-corrected chi connectivity index (χ3v) is 4.62. The molecule has 0 atom stereocenters. The Morgan fingerprint density at radius 2 is 1.19 bits per heavy atom. The summed E-state index contributed by atoms with van der Waals surface area (Å²) < 4.78 is 0. The van der Waals surface area contributed by atoms with Gasteiger partial charge in [0.1, 0.15) is 11.5 Å². The second-order valence-electron chi connectivity index (χ2n) is 5.84. The normalized spacial score (nSPS) is 17.0. The van der Waals surface area contributed by atoms with Crippen LogP contribution >= 0.6 is 0 Å². The van der Waals surface area contributed by atoms with Crippen molar-refractivity contribution in [3.8, 4) is 11.5 Å². The Morgan fingerprint density at radius 1 is 0.762 bits per heavy atom. The third-order valence-electron chi connectivity index (χ3n) is 4.62. The first kappa shape index (κ1) is 13.6. The number of aromatic hydroxyl groups is 2. The topological polar surface area (TPSA) is 92.5 Å². The smallest absolute Gasteiger partial charge is 0.138 e. The van der Waals surface area contributed by atoms with Crippen molar-refractivity contribution in [1.29, 1.82) is 0 Å². The average Bonchev–Trinajstić information content (AvgIpc) is 2.95. The Morgan fingerprint density at radius 3 is 1.57 bits per heavy atom. The molecular formula is C17H20N2O2. The van der Waals surface area contributed by atoms with E-state index in [2.05, 4.69) is 0 Å². The van der Waals surface area contributed by atoms with Crippen molar-refractivity contribution in [1.82, 2.24) is 0 Å². The van der Waals surface area contributed by atoms with E-state index in [1.807, 2.05) is 24.3 Å². The Kier molecular flexibility index (Phi) is 3.16. The molecule has 2 aromatic carbocycles. The van der Waals surface area contributed by atoms with Gasteiger partial charge in [0.25, 0.3) is 0 Å². The van der Waals surface area contributed by atoms with Crippen LogP contribution in [0.1, 0.15) is 36.8 Å². The highest BCUT2D eigenvalue weighted by Gasteiger charge is 2.37. The van der Waals surface area contributed by atoms with E-state index in [-0.39, 0.29) is 16.9 Å². The molecule has 21 heavy (non-hydrogen) atoms. The number of nitrogens with two attached hydrogens (primary N) is 2. The zero-order chi connectivity index (χ0) is 15.0. The van der Waals surface area contributed by atoms with Crippen LogP contribution in [0.4, 0.5) is 11.4 Å². The van der Waals surface area contributed by atoms with Crippen LogP contribution in [0.15, 0.2) is 36.4 Å². The molecule has 1 fully saturated rings. The second kappa shape index (κ2) is 4.88. The summed E-state index contributed by atoms with van der Waals surface area (Å²) in [7, 11) is 0. The van der Waals surface area contributed by atoms with Gasteiger partial charge in [0, 0.05) is 5.41 Å². The lowest BCUT2D eigenvalue weighted by molar-refractivity contribution is 0.474. The predicted molar refractivity (Wildman–Crippen MR) is 84.3 cm³/mol. The van der Waals surface area contributed by atoms with Gasteiger partial charge < -0.3 is 21.7 Å². The number of rotatable bonds is 2. The fraction of sp³-hybridized carbons (Fsp3) is 0.294. The first-order valence-corrected chi connectivity index (χ1v) is 7.21. The van der Waals surface area contributed by atoms with E-state index < -0.39 is 0 Å². The molecule has 0 aromatic heterocycles. The van der Waals surface area contributed by atoms with E-state index in [0.29, 0.717) is 11.4 Å². The largest absolute Gasteiger partial charge is 0.506 e. The van der Waals surface area contributed by atoms with Crippen molar-refractivity contribution in [2.75, 3.05) is 11.5 Å². The van der Waals surface area contributed by atoms with Crippen molar-refractivity contribution in [3.63, 3.8) is 0 Å². The van der Waals surface area contributed by atoms with E-state index >= 15 is 0 Å².